The molecule has 2 unspecified atom stereocenters. The molecule has 1 spiro atoms. The predicted octanol–water partition coefficient (Wildman–Crippen LogP) is 2.53. The second kappa shape index (κ2) is 6.06. The maximum absolute atomic E-state index is 12.3. The van der Waals surface area contributed by atoms with Crippen LogP contribution >= 0.6 is 0 Å². The van der Waals surface area contributed by atoms with Gasteiger partial charge in [-0.25, -0.2) is 0 Å². The summed E-state index contributed by atoms with van der Waals surface area (Å²) in [5, 5.41) is 3.18. The molecule has 0 aromatic heterocycles. The van der Waals surface area contributed by atoms with Gasteiger partial charge in [0.15, 0.2) is 6.10 Å². The lowest BCUT2D eigenvalue weighted by Gasteiger charge is -2.52. The molecule has 0 bridgehead atoms. The summed E-state index contributed by atoms with van der Waals surface area (Å²) in [6.07, 6.45) is 3.93. The van der Waals surface area contributed by atoms with E-state index in [1.807, 2.05) is 30.3 Å². The van der Waals surface area contributed by atoms with Gasteiger partial charge in [-0.05, 0) is 50.2 Å². The summed E-state index contributed by atoms with van der Waals surface area (Å²) in [6, 6.07) is 9.77. The van der Waals surface area contributed by atoms with Crippen molar-refractivity contribution in [1.82, 2.24) is 5.32 Å². The molecule has 1 amide bonds. The third-order valence-electron chi connectivity index (χ3n) is 4.90. The van der Waals surface area contributed by atoms with Crippen molar-refractivity contribution in [3.63, 3.8) is 0 Å². The number of hydrogen-bond acceptors (Lipinski definition) is 3. The average molecular weight is 289 g/mol. The van der Waals surface area contributed by atoms with E-state index in [2.05, 4.69) is 5.32 Å². The average Bonchev–Trinajstić information content (AvgIpc) is 2.53. The Labute approximate surface area is 125 Å². The van der Waals surface area contributed by atoms with Crippen molar-refractivity contribution in [1.29, 1.82) is 0 Å². The lowest BCUT2D eigenvalue weighted by molar-refractivity contribution is -0.133. The highest BCUT2D eigenvalue weighted by Gasteiger charge is 2.48. The number of carbonyl (C=O) groups is 1. The highest BCUT2D eigenvalue weighted by molar-refractivity contribution is 5.81. The van der Waals surface area contributed by atoms with Gasteiger partial charge >= 0.3 is 0 Å². The maximum Gasteiger partial charge on any atom is 0.261 e. The smallest absolute Gasteiger partial charge is 0.261 e. The predicted molar refractivity (Wildman–Crippen MR) is 80.2 cm³/mol. The number of ether oxygens (including phenoxy) is 2. The van der Waals surface area contributed by atoms with Crippen LogP contribution in [0.3, 0.4) is 0 Å². The molecule has 1 saturated carbocycles. The molecule has 1 N–H and O–H groups in total. The number of para-hydroxylation sites is 1. The van der Waals surface area contributed by atoms with E-state index in [0.29, 0.717) is 0 Å². The molecule has 3 rings (SSSR count). The molecule has 4 nitrogen and oxygen atoms in total. The van der Waals surface area contributed by atoms with Crippen molar-refractivity contribution in [3.05, 3.63) is 30.3 Å². The minimum Gasteiger partial charge on any atom is -0.481 e. The van der Waals surface area contributed by atoms with Crippen LogP contribution in [0.25, 0.3) is 0 Å². The Morgan fingerprint density at radius 2 is 2.00 bits per heavy atom. The summed E-state index contributed by atoms with van der Waals surface area (Å²) in [7, 11) is 0. The van der Waals surface area contributed by atoms with Gasteiger partial charge < -0.3 is 14.8 Å². The van der Waals surface area contributed by atoms with Crippen molar-refractivity contribution in [2.75, 3.05) is 13.2 Å². The molecular weight excluding hydrogens is 266 g/mol. The number of hydrogen-bond donors (Lipinski definition) is 1. The molecule has 1 aromatic rings. The van der Waals surface area contributed by atoms with Gasteiger partial charge in [-0.2, -0.15) is 0 Å². The quantitative estimate of drug-likeness (QED) is 0.926. The van der Waals surface area contributed by atoms with Crippen LogP contribution in [0, 0.1) is 5.41 Å². The first-order valence-corrected chi connectivity index (χ1v) is 7.79. The van der Waals surface area contributed by atoms with E-state index >= 15 is 0 Å². The van der Waals surface area contributed by atoms with Gasteiger partial charge in [0.2, 0.25) is 0 Å². The lowest BCUT2D eigenvalue weighted by Crippen LogP contribution is -2.58. The number of amides is 1. The zero-order chi connectivity index (χ0) is 14.7. The number of benzene rings is 1. The van der Waals surface area contributed by atoms with E-state index in [1.54, 1.807) is 6.92 Å². The second-order valence-electron chi connectivity index (χ2n) is 6.15. The van der Waals surface area contributed by atoms with E-state index in [9.17, 15) is 4.79 Å². The highest BCUT2D eigenvalue weighted by atomic mass is 16.5. The summed E-state index contributed by atoms with van der Waals surface area (Å²) in [6.45, 7) is 3.45. The van der Waals surface area contributed by atoms with Crippen LogP contribution in [0.4, 0.5) is 0 Å². The Morgan fingerprint density at radius 1 is 1.29 bits per heavy atom. The van der Waals surface area contributed by atoms with E-state index in [0.717, 1.165) is 38.2 Å². The van der Waals surface area contributed by atoms with Crippen LogP contribution in [-0.2, 0) is 9.53 Å². The Hall–Kier alpha value is -1.55. The van der Waals surface area contributed by atoms with Crippen LogP contribution in [-0.4, -0.2) is 31.3 Å². The Bertz CT molecular complexity index is 482. The molecule has 1 saturated heterocycles. The summed E-state index contributed by atoms with van der Waals surface area (Å²) in [5.41, 5.74) is 0.278. The fourth-order valence-corrected chi connectivity index (χ4v) is 3.34. The van der Waals surface area contributed by atoms with Crippen LogP contribution in [0.5, 0.6) is 5.75 Å². The van der Waals surface area contributed by atoms with Gasteiger partial charge in [0.1, 0.15) is 5.75 Å². The molecule has 1 heterocycles. The third-order valence-corrected chi connectivity index (χ3v) is 4.90. The molecule has 1 aliphatic heterocycles. The largest absolute Gasteiger partial charge is 0.481 e. The van der Waals surface area contributed by atoms with Crippen LogP contribution < -0.4 is 10.1 Å². The fourth-order valence-electron chi connectivity index (χ4n) is 3.34. The van der Waals surface area contributed by atoms with Crippen molar-refractivity contribution < 1.29 is 14.3 Å². The monoisotopic (exact) mass is 289 g/mol. The van der Waals surface area contributed by atoms with Gasteiger partial charge in [-0.3, -0.25) is 4.79 Å². The number of rotatable bonds is 4. The first kappa shape index (κ1) is 14.4. The van der Waals surface area contributed by atoms with Crippen LogP contribution in [0.1, 0.15) is 32.6 Å². The molecule has 4 heteroatoms. The molecule has 21 heavy (non-hydrogen) atoms. The van der Waals surface area contributed by atoms with E-state index in [1.165, 1.54) is 6.42 Å². The number of nitrogens with one attached hydrogen (secondary N) is 1. The van der Waals surface area contributed by atoms with Gasteiger partial charge in [0.05, 0.1) is 0 Å². The highest BCUT2D eigenvalue weighted by Crippen LogP contribution is 2.48. The Morgan fingerprint density at radius 3 is 2.62 bits per heavy atom. The molecule has 2 fully saturated rings. The zero-order valence-corrected chi connectivity index (χ0v) is 12.5. The summed E-state index contributed by atoms with van der Waals surface area (Å²) < 4.78 is 11.1. The minimum atomic E-state index is -0.468. The molecule has 1 aromatic carbocycles. The van der Waals surface area contributed by atoms with E-state index in [-0.39, 0.29) is 17.4 Å². The summed E-state index contributed by atoms with van der Waals surface area (Å²) in [4.78, 5) is 12.3. The molecule has 114 valence electrons. The van der Waals surface area contributed by atoms with Gasteiger partial charge in [-0.1, -0.05) is 18.2 Å². The summed E-state index contributed by atoms with van der Waals surface area (Å²) in [5.74, 6) is 0.712. The van der Waals surface area contributed by atoms with Crippen LogP contribution in [0.2, 0.25) is 0 Å². The standard InChI is InChI=1S/C17H23NO3/c1-13(21-14-5-3-2-4-6-14)16(19)18-15-7-8-17(15)9-11-20-12-10-17/h2-6,13,15H,7-12H2,1H3,(H,18,19). The molecular formula is C17H23NO3. The first-order valence-electron chi connectivity index (χ1n) is 7.79. The topological polar surface area (TPSA) is 47.6 Å². The Balaban J connectivity index is 1.54. The maximum atomic E-state index is 12.3. The first-order chi connectivity index (χ1) is 10.2. The second-order valence-corrected chi connectivity index (χ2v) is 6.15. The third kappa shape index (κ3) is 3.05. The molecule has 2 atom stereocenters. The molecule has 0 radical (unpaired) electrons. The van der Waals surface area contributed by atoms with E-state index in [4.69, 9.17) is 9.47 Å². The summed E-state index contributed by atoms with van der Waals surface area (Å²) >= 11 is 0. The van der Waals surface area contributed by atoms with Crippen molar-refractivity contribution in [3.8, 4) is 5.75 Å². The number of carbonyl (C=O) groups excluding carboxylic acids is 1. The van der Waals surface area contributed by atoms with Gasteiger partial charge in [-0.15, -0.1) is 0 Å². The normalized spacial score (nSPS) is 24.9. The SMILES string of the molecule is CC(Oc1ccccc1)C(=O)NC1CCC12CCOCC2. The van der Waals surface area contributed by atoms with Gasteiger partial charge in [0.25, 0.3) is 5.91 Å². The minimum absolute atomic E-state index is 0.0191. The van der Waals surface area contributed by atoms with Gasteiger partial charge in [0, 0.05) is 19.3 Å². The lowest BCUT2D eigenvalue weighted by atomic mass is 9.60. The fraction of sp³-hybridized carbons (Fsp3) is 0.588. The zero-order valence-electron chi connectivity index (χ0n) is 12.5. The van der Waals surface area contributed by atoms with Crippen molar-refractivity contribution in [2.45, 2.75) is 44.8 Å². The molecule has 1 aliphatic carbocycles. The van der Waals surface area contributed by atoms with Crippen molar-refractivity contribution in [2.24, 2.45) is 5.41 Å². The van der Waals surface area contributed by atoms with Crippen molar-refractivity contribution >= 4 is 5.91 Å². The van der Waals surface area contributed by atoms with Crippen LogP contribution in [0.15, 0.2) is 30.3 Å². The Kier molecular flexibility index (Phi) is 4.15. The van der Waals surface area contributed by atoms with E-state index < -0.39 is 6.10 Å². The molecule has 2 aliphatic rings.